The molecule has 3 nitrogen and oxygen atoms in total. The SMILES string of the molecule is C=S(=O)(O)CCC[N+]1(C)CCCC1. The van der Waals surface area contributed by atoms with Crippen LogP contribution in [0.1, 0.15) is 19.3 Å². The maximum atomic E-state index is 10.9. The molecule has 0 bridgehead atoms. The summed E-state index contributed by atoms with van der Waals surface area (Å²) in [5.74, 6) is 3.58. The Morgan fingerprint density at radius 3 is 2.46 bits per heavy atom. The average Bonchev–Trinajstić information content (AvgIpc) is 2.33. The van der Waals surface area contributed by atoms with Crippen molar-refractivity contribution in [3.8, 4) is 0 Å². The van der Waals surface area contributed by atoms with Gasteiger partial charge in [-0.1, -0.05) is 0 Å². The van der Waals surface area contributed by atoms with Gasteiger partial charge in [0.1, 0.15) is 0 Å². The Balaban J connectivity index is 2.26. The van der Waals surface area contributed by atoms with E-state index in [9.17, 15) is 4.21 Å². The summed E-state index contributed by atoms with van der Waals surface area (Å²) in [5.41, 5.74) is 0. The normalized spacial score (nSPS) is 25.7. The predicted octanol–water partition coefficient (Wildman–Crippen LogP) is 0.806. The summed E-state index contributed by atoms with van der Waals surface area (Å²) in [6, 6.07) is 0. The van der Waals surface area contributed by atoms with Crippen molar-refractivity contribution >= 4 is 15.7 Å². The smallest absolute Gasteiger partial charge is 0.0794 e. The molecule has 0 saturated carbocycles. The molecular weight excluding hydrogens is 186 g/mol. The Morgan fingerprint density at radius 2 is 2.00 bits per heavy atom. The van der Waals surface area contributed by atoms with Gasteiger partial charge in [0, 0.05) is 25.0 Å². The molecule has 1 unspecified atom stereocenters. The molecule has 1 saturated heterocycles. The second-order valence-corrected chi connectivity index (χ2v) is 6.28. The lowest BCUT2D eigenvalue weighted by Crippen LogP contribution is -2.42. The molecule has 0 aromatic carbocycles. The fourth-order valence-corrected chi connectivity index (χ4v) is 2.57. The van der Waals surface area contributed by atoms with E-state index in [0.717, 1.165) is 17.4 Å². The van der Waals surface area contributed by atoms with Crippen LogP contribution in [0, 0.1) is 0 Å². The van der Waals surface area contributed by atoms with Gasteiger partial charge < -0.3 is 9.04 Å². The quantitative estimate of drug-likeness (QED) is 0.546. The zero-order valence-corrected chi connectivity index (χ0v) is 9.18. The molecule has 0 aliphatic carbocycles. The van der Waals surface area contributed by atoms with E-state index in [1.54, 1.807) is 0 Å². The van der Waals surface area contributed by atoms with E-state index in [2.05, 4.69) is 12.9 Å². The first kappa shape index (κ1) is 11.0. The highest BCUT2D eigenvalue weighted by molar-refractivity contribution is 7.95. The van der Waals surface area contributed by atoms with Crippen LogP contribution in [0.25, 0.3) is 0 Å². The molecule has 0 aromatic rings. The van der Waals surface area contributed by atoms with Crippen molar-refractivity contribution < 1.29 is 13.2 Å². The third-order valence-electron chi connectivity index (χ3n) is 2.81. The molecule has 1 heterocycles. The van der Waals surface area contributed by atoms with Crippen LogP contribution in [0.2, 0.25) is 0 Å². The van der Waals surface area contributed by atoms with Gasteiger partial charge in [0.15, 0.2) is 0 Å². The lowest BCUT2D eigenvalue weighted by molar-refractivity contribution is -0.897. The van der Waals surface area contributed by atoms with Crippen LogP contribution >= 0.6 is 0 Å². The van der Waals surface area contributed by atoms with Gasteiger partial charge in [0.25, 0.3) is 0 Å². The molecule has 0 aromatic heterocycles. The number of hydrogen-bond acceptors (Lipinski definition) is 1. The first-order valence-electron chi connectivity index (χ1n) is 4.82. The summed E-state index contributed by atoms with van der Waals surface area (Å²) < 4.78 is 21.0. The van der Waals surface area contributed by atoms with Crippen LogP contribution < -0.4 is 0 Å². The van der Waals surface area contributed by atoms with Crippen LogP contribution in [0.5, 0.6) is 0 Å². The van der Waals surface area contributed by atoms with E-state index in [1.807, 2.05) is 0 Å². The van der Waals surface area contributed by atoms with E-state index in [1.165, 1.54) is 25.9 Å². The van der Waals surface area contributed by atoms with Gasteiger partial charge in [0.2, 0.25) is 0 Å². The zero-order valence-electron chi connectivity index (χ0n) is 8.37. The van der Waals surface area contributed by atoms with E-state index < -0.39 is 9.80 Å². The molecule has 1 fully saturated rings. The van der Waals surface area contributed by atoms with Crippen molar-refractivity contribution in [1.82, 2.24) is 0 Å². The van der Waals surface area contributed by atoms with Gasteiger partial charge in [0.05, 0.1) is 36.5 Å². The molecule has 1 aliphatic rings. The van der Waals surface area contributed by atoms with Crippen LogP contribution in [0.15, 0.2) is 0 Å². The van der Waals surface area contributed by atoms with Crippen LogP contribution in [-0.4, -0.2) is 51.5 Å². The van der Waals surface area contributed by atoms with Gasteiger partial charge in [-0.2, -0.15) is 0 Å². The summed E-state index contributed by atoms with van der Waals surface area (Å²) >= 11 is 0. The standard InChI is InChI=1S/C9H19NO2S/c1-10(6-3-4-7-10)8-5-9-13(2,11)12/h2-9H2,1H3/p+1. The first-order chi connectivity index (χ1) is 5.91. The third kappa shape index (κ3) is 4.11. The molecule has 4 heteroatoms. The number of quaternary nitrogens is 1. The second-order valence-electron chi connectivity index (χ2n) is 4.33. The topological polar surface area (TPSA) is 37.3 Å². The summed E-state index contributed by atoms with van der Waals surface area (Å²) in [7, 11) is -0.521. The van der Waals surface area contributed by atoms with Gasteiger partial charge >= 0.3 is 0 Å². The number of likely N-dealkylation sites (tertiary alicyclic amines) is 1. The molecule has 0 amide bonds. The van der Waals surface area contributed by atoms with Gasteiger partial charge in [-0.15, -0.1) is 0 Å². The highest BCUT2D eigenvalue weighted by atomic mass is 32.2. The first-order valence-corrected chi connectivity index (χ1v) is 6.68. The Kier molecular flexibility index (Phi) is 3.38. The molecule has 1 N–H and O–H groups in total. The lowest BCUT2D eigenvalue weighted by Gasteiger charge is -2.29. The second kappa shape index (κ2) is 3.98. The fourth-order valence-electron chi connectivity index (χ4n) is 1.99. The van der Waals surface area contributed by atoms with Crippen molar-refractivity contribution in [2.45, 2.75) is 19.3 Å². The average molecular weight is 206 g/mol. The zero-order chi connectivity index (χ0) is 9.95. The van der Waals surface area contributed by atoms with Crippen molar-refractivity contribution in [1.29, 1.82) is 0 Å². The molecule has 1 aliphatic heterocycles. The van der Waals surface area contributed by atoms with E-state index in [4.69, 9.17) is 4.55 Å². The number of nitrogens with zero attached hydrogens (tertiary/aromatic N) is 1. The highest BCUT2D eigenvalue weighted by Gasteiger charge is 2.25. The third-order valence-corrected chi connectivity index (χ3v) is 3.73. The maximum absolute atomic E-state index is 10.9. The van der Waals surface area contributed by atoms with E-state index in [0.29, 0.717) is 5.75 Å². The number of hydrogen-bond donors (Lipinski definition) is 1. The summed E-state index contributed by atoms with van der Waals surface area (Å²) in [4.78, 5) is 0. The molecule has 0 spiro atoms. The minimum absolute atomic E-state index is 0.348. The minimum atomic E-state index is -2.75. The van der Waals surface area contributed by atoms with Gasteiger partial charge in [-0.3, -0.25) is 0 Å². The Bertz CT molecular complexity index is 253. The Hall–Kier alpha value is -0.0600. The fraction of sp³-hybridized carbons (Fsp3) is 0.889. The molecule has 78 valence electrons. The molecule has 0 radical (unpaired) electrons. The summed E-state index contributed by atoms with van der Waals surface area (Å²) in [5, 5.41) is 0. The largest absolute Gasteiger partial charge is 0.326 e. The number of rotatable bonds is 4. The van der Waals surface area contributed by atoms with Crippen molar-refractivity contribution in [3.63, 3.8) is 0 Å². The molecule has 13 heavy (non-hydrogen) atoms. The Morgan fingerprint density at radius 1 is 1.46 bits per heavy atom. The van der Waals surface area contributed by atoms with Crippen molar-refractivity contribution in [2.24, 2.45) is 0 Å². The van der Waals surface area contributed by atoms with E-state index >= 15 is 0 Å². The highest BCUT2D eigenvalue weighted by Crippen LogP contribution is 2.16. The molecular formula is C9H20NO2S+. The van der Waals surface area contributed by atoms with Crippen molar-refractivity contribution in [2.75, 3.05) is 32.4 Å². The predicted molar refractivity (Wildman–Crippen MR) is 57.4 cm³/mol. The van der Waals surface area contributed by atoms with Gasteiger partial charge in [-0.05, 0) is 5.87 Å². The summed E-state index contributed by atoms with van der Waals surface area (Å²) in [6.07, 6.45) is 3.42. The van der Waals surface area contributed by atoms with Crippen LogP contribution in [0.4, 0.5) is 0 Å². The Labute approximate surface area is 81.2 Å². The summed E-state index contributed by atoms with van der Waals surface area (Å²) in [6.45, 7) is 3.47. The maximum Gasteiger partial charge on any atom is 0.0794 e. The van der Waals surface area contributed by atoms with Gasteiger partial charge in [-0.25, -0.2) is 4.21 Å². The van der Waals surface area contributed by atoms with Crippen molar-refractivity contribution in [3.05, 3.63) is 0 Å². The van der Waals surface area contributed by atoms with E-state index in [-0.39, 0.29) is 0 Å². The monoisotopic (exact) mass is 206 g/mol. The van der Waals surface area contributed by atoms with Crippen LogP contribution in [-0.2, 0) is 9.80 Å². The lowest BCUT2D eigenvalue weighted by atomic mass is 10.4. The van der Waals surface area contributed by atoms with Crippen LogP contribution in [0.3, 0.4) is 0 Å². The molecule has 1 atom stereocenters. The minimum Gasteiger partial charge on any atom is -0.326 e. The molecule has 1 rings (SSSR count).